The molecule has 1 aromatic rings. The van der Waals surface area contributed by atoms with Crippen molar-refractivity contribution in [2.24, 2.45) is 5.41 Å². The number of thiazole rings is 1. The second-order valence-corrected chi connectivity index (χ2v) is 5.04. The minimum Gasteiger partial charge on any atom is -0.389 e. The van der Waals surface area contributed by atoms with Crippen LogP contribution < -0.4 is 11.1 Å². The Kier molecular flexibility index (Phi) is 1.95. The minimum absolute atomic E-state index is 0.487. The molecule has 1 fully saturated rings. The van der Waals surface area contributed by atoms with E-state index in [4.69, 9.17) is 5.73 Å². The summed E-state index contributed by atoms with van der Waals surface area (Å²) in [6, 6.07) is 0.600. The van der Waals surface area contributed by atoms with Crippen LogP contribution in [0.2, 0.25) is 0 Å². The summed E-state index contributed by atoms with van der Waals surface area (Å²) >= 11 is 1.52. The summed E-state index contributed by atoms with van der Waals surface area (Å²) in [6.45, 7) is 4.54. The van der Waals surface area contributed by atoms with E-state index in [1.165, 1.54) is 24.2 Å². The topological polar surface area (TPSA) is 50.9 Å². The smallest absolute Gasteiger partial charge is 0.184 e. The van der Waals surface area contributed by atoms with Gasteiger partial charge in [0.1, 0.15) is 5.00 Å². The van der Waals surface area contributed by atoms with Gasteiger partial charge in [0.05, 0.1) is 6.20 Å². The van der Waals surface area contributed by atoms with E-state index in [1.54, 1.807) is 6.20 Å². The lowest BCUT2D eigenvalue weighted by atomic mass is 10.1. The van der Waals surface area contributed by atoms with Crippen molar-refractivity contribution >= 4 is 21.5 Å². The summed E-state index contributed by atoms with van der Waals surface area (Å²) in [5.74, 6) is 0. The van der Waals surface area contributed by atoms with Crippen molar-refractivity contribution < 1.29 is 0 Å². The van der Waals surface area contributed by atoms with Gasteiger partial charge in [-0.25, -0.2) is 4.98 Å². The molecule has 0 aliphatic heterocycles. The molecule has 1 saturated carbocycles. The van der Waals surface area contributed by atoms with Gasteiger partial charge in [0.2, 0.25) is 0 Å². The fourth-order valence-electron chi connectivity index (χ4n) is 1.53. The highest BCUT2D eigenvalue weighted by Gasteiger charge is 2.48. The van der Waals surface area contributed by atoms with Crippen LogP contribution in [0.1, 0.15) is 26.7 Å². The Bertz CT molecular complexity index is 310. The fraction of sp³-hybridized carbons (Fsp3) is 0.667. The van der Waals surface area contributed by atoms with Gasteiger partial charge in [0.25, 0.3) is 0 Å². The highest BCUT2D eigenvalue weighted by Crippen LogP contribution is 2.50. The average molecular weight is 197 g/mol. The fourth-order valence-corrected chi connectivity index (χ4v) is 2.16. The zero-order chi connectivity index (χ0) is 9.47. The molecule has 72 valence electrons. The molecular formula is C9H15N3S. The number of hydrogen-bond donors (Lipinski definition) is 2. The first-order chi connectivity index (χ1) is 6.14. The number of nitrogens with zero attached hydrogens (tertiary/aromatic N) is 1. The monoisotopic (exact) mass is 197 g/mol. The van der Waals surface area contributed by atoms with E-state index in [-0.39, 0.29) is 0 Å². The van der Waals surface area contributed by atoms with Crippen molar-refractivity contribution in [2.75, 3.05) is 11.1 Å². The minimum atomic E-state index is 0.487. The van der Waals surface area contributed by atoms with Gasteiger partial charge in [-0.3, -0.25) is 0 Å². The predicted molar refractivity (Wildman–Crippen MR) is 57.0 cm³/mol. The Morgan fingerprint density at radius 3 is 3.08 bits per heavy atom. The quantitative estimate of drug-likeness (QED) is 0.782. The molecule has 0 bridgehead atoms. The third-order valence-corrected chi connectivity index (χ3v) is 3.74. The lowest BCUT2D eigenvalue weighted by Gasteiger charge is -2.07. The molecule has 0 saturated heterocycles. The number of nitrogens with two attached hydrogens (primary N) is 1. The Labute approximate surface area is 82.4 Å². The van der Waals surface area contributed by atoms with E-state index in [9.17, 15) is 0 Å². The highest BCUT2D eigenvalue weighted by atomic mass is 32.1. The molecule has 1 heterocycles. The molecule has 3 N–H and O–H groups in total. The first-order valence-electron chi connectivity index (χ1n) is 4.62. The largest absolute Gasteiger partial charge is 0.389 e. The third kappa shape index (κ3) is 1.63. The molecule has 0 radical (unpaired) electrons. The molecule has 2 unspecified atom stereocenters. The van der Waals surface area contributed by atoms with Gasteiger partial charge in [-0.2, -0.15) is 0 Å². The van der Waals surface area contributed by atoms with Gasteiger partial charge in [-0.1, -0.05) is 25.2 Å². The molecule has 4 heteroatoms. The molecule has 0 amide bonds. The maximum Gasteiger partial charge on any atom is 0.184 e. The third-order valence-electron chi connectivity index (χ3n) is 2.98. The summed E-state index contributed by atoms with van der Waals surface area (Å²) in [6.07, 6.45) is 4.19. The van der Waals surface area contributed by atoms with Crippen molar-refractivity contribution in [3.05, 3.63) is 6.20 Å². The van der Waals surface area contributed by atoms with E-state index >= 15 is 0 Å². The number of nitrogens with one attached hydrogen (secondary N) is 1. The normalized spacial score (nSPS) is 31.7. The number of hydrogen-bond acceptors (Lipinski definition) is 4. The number of aromatic nitrogens is 1. The number of nitrogen functional groups attached to an aromatic ring is 1. The lowest BCUT2D eigenvalue weighted by Crippen LogP contribution is -2.09. The van der Waals surface area contributed by atoms with Gasteiger partial charge in [-0.15, -0.1) is 0 Å². The second kappa shape index (κ2) is 2.87. The first kappa shape index (κ1) is 8.81. The van der Waals surface area contributed by atoms with Gasteiger partial charge in [0.15, 0.2) is 5.13 Å². The van der Waals surface area contributed by atoms with E-state index in [2.05, 4.69) is 24.1 Å². The predicted octanol–water partition coefficient (Wildman–Crippen LogP) is 2.33. The van der Waals surface area contributed by atoms with Crippen molar-refractivity contribution in [3.63, 3.8) is 0 Å². The molecular weight excluding hydrogens is 182 g/mol. The molecule has 0 aromatic carbocycles. The van der Waals surface area contributed by atoms with Gasteiger partial charge in [0, 0.05) is 6.04 Å². The zero-order valence-electron chi connectivity index (χ0n) is 8.00. The summed E-state index contributed by atoms with van der Waals surface area (Å²) in [4.78, 5) is 4.18. The average Bonchev–Trinajstić information content (AvgIpc) is 2.53. The Morgan fingerprint density at radius 2 is 2.62 bits per heavy atom. The molecule has 2 atom stereocenters. The standard InChI is InChI=1S/C9H15N3S/c1-3-9(2)4-6(9)12-8-11-5-7(10)13-8/h5-6H,3-4,10H2,1-2H3,(H,11,12). The van der Waals surface area contributed by atoms with Crippen LogP contribution in [0, 0.1) is 5.41 Å². The molecule has 1 aliphatic carbocycles. The van der Waals surface area contributed by atoms with Crippen LogP contribution in [0.5, 0.6) is 0 Å². The molecule has 1 aliphatic rings. The van der Waals surface area contributed by atoms with Crippen LogP contribution in [-0.2, 0) is 0 Å². The van der Waals surface area contributed by atoms with Crippen LogP contribution in [0.4, 0.5) is 10.1 Å². The van der Waals surface area contributed by atoms with Gasteiger partial charge >= 0.3 is 0 Å². The molecule has 3 nitrogen and oxygen atoms in total. The Balaban J connectivity index is 1.94. The van der Waals surface area contributed by atoms with Crippen LogP contribution >= 0.6 is 11.3 Å². The zero-order valence-corrected chi connectivity index (χ0v) is 8.82. The van der Waals surface area contributed by atoms with E-state index in [1.807, 2.05) is 0 Å². The second-order valence-electron chi connectivity index (χ2n) is 3.98. The lowest BCUT2D eigenvalue weighted by molar-refractivity contribution is 0.535. The molecule has 13 heavy (non-hydrogen) atoms. The van der Waals surface area contributed by atoms with Crippen molar-refractivity contribution in [1.82, 2.24) is 4.98 Å². The van der Waals surface area contributed by atoms with Crippen molar-refractivity contribution in [3.8, 4) is 0 Å². The molecule has 0 spiro atoms. The maximum atomic E-state index is 5.59. The summed E-state index contributed by atoms with van der Waals surface area (Å²) in [5.41, 5.74) is 6.08. The van der Waals surface area contributed by atoms with E-state index in [0.29, 0.717) is 11.5 Å². The van der Waals surface area contributed by atoms with Crippen molar-refractivity contribution in [1.29, 1.82) is 0 Å². The Hall–Kier alpha value is -0.770. The number of anilines is 2. The summed E-state index contributed by atoms with van der Waals surface area (Å²) < 4.78 is 0. The van der Waals surface area contributed by atoms with Crippen LogP contribution in [0.3, 0.4) is 0 Å². The van der Waals surface area contributed by atoms with Crippen LogP contribution in [0.25, 0.3) is 0 Å². The number of rotatable bonds is 3. The first-order valence-corrected chi connectivity index (χ1v) is 5.43. The maximum absolute atomic E-state index is 5.59. The SMILES string of the molecule is CCC1(C)CC1Nc1ncc(N)s1. The molecule has 2 rings (SSSR count). The van der Waals surface area contributed by atoms with E-state index in [0.717, 1.165) is 10.1 Å². The van der Waals surface area contributed by atoms with Crippen LogP contribution in [0.15, 0.2) is 6.20 Å². The van der Waals surface area contributed by atoms with Gasteiger partial charge < -0.3 is 11.1 Å². The van der Waals surface area contributed by atoms with Crippen LogP contribution in [-0.4, -0.2) is 11.0 Å². The Morgan fingerprint density at radius 1 is 1.85 bits per heavy atom. The van der Waals surface area contributed by atoms with E-state index < -0.39 is 0 Å². The van der Waals surface area contributed by atoms with Crippen molar-refractivity contribution in [2.45, 2.75) is 32.7 Å². The summed E-state index contributed by atoms with van der Waals surface area (Å²) in [5, 5.41) is 5.14. The summed E-state index contributed by atoms with van der Waals surface area (Å²) in [7, 11) is 0. The highest BCUT2D eigenvalue weighted by molar-refractivity contribution is 7.19. The van der Waals surface area contributed by atoms with Gasteiger partial charge in [-0.05, 0) is 18.3 Å². The molecule has 1 aromatic heterocycles.